The van der Waals surface area contributed by atoms with E-state index in [2.05, 4.69) is 10.5 Å². The number of rotatable bonds is 7. The number of hydrogen-bond acceptors (Lipinski definition) is 4. The first-order valence-corrected chi connectivity index (χ1v) is 7.39. The molecule has 120 valence electrons. The van der Waals surface area contributed by atoms with Crippen molar-refractivity contribution < 1.29 is 14.3 Å². The molecule has 0 fully saturated rings. The Morgan fingerprint density at radius 1 is 1.09 bits per heavy atom. The fourth-order valence-corrected chi connectivity index (χ4v) is 1.96. The fourth-order valence-electron chi connectivity index (χ4n) is 1.96. The second kappa shape index (κ2) is 8.58. The fraction of sp³-hybridized carbons (Fsp3) is 0.222. The number of nitrogens with zero attached hydrogens (tertiary/aromatic N) is 1. The van der Waals surface area contributed by atoms with Gasteiger partial charge in [-0.2, -0.15) is 5.10 Å². The smallest absolute Gasteiger partial charge is 0.244 e. The van der Waals surface area contributed by atoms with Crippen LogP contribution in [0.2, 0.25) is 0 Å². The highest BCUT2D eigenvalue weighted by molar-refractivity contribution is 5.83. The number of hydrogen-bond donors (Lipinski definition) is 1. The van der Waals surface area contributed by atoms with Crippen LogP contribution in [0.25, 0.3) is 0 Å². The van der Waals surface area contributed by atoms with Gasteiger partial charge < -0.3 is 9.47 Å². The van der Waals surface area contributed by atoms with Gasteiger partial charge in [-0.25, -0.2) is 5.43 Å². The Morgan fingerprint density at radius 3 is 2.35 bits per heavy atom. The summed E-state index contributed by atoms with van der Waals surface area (Å²) in [6, 6.07) is 14.9. The molecule has 2 rings (SSSR count). The van der Waals surface area contributed by atoms with E-state index in [1.807, 2.05) is 55.5 Å². The first-order chi connectivity index (χ1) is 11.2. The highest BCUT2D eigenvalue weighted by Crippen LogP contribution is 2.12. The number of carbonyl (C=O) groups is 1. The molecule has 2 aromatic rings. The van der Waals surface area contributed by atoms with Gasteiger partial charge in [0.2, 0.25) is 5.91 Å². The molecule has 1 amide bonds. The molecule has 0 unspecified atom stereocenters. The number of carbonyl (C=O) groups excluding carboxylic acids is 1. The van der Waals surface area contributed by atoms with Gasteiger partial charge in [0.1, 0.15) is 11.5 Å². The average molecular weight is 312 g/mol. The summed E-state index contributed by atoms with van der Waals surface area (Å²) in [7, 11) is 1.61. The van der Waals surface area contributed by atoms with Crippen LogP contribution in [0.4, 0.5) is 0 Å². The van der Waals surface area contributed by atoms with Crippen LogP contribution in [0.3, 0.4) is 0 Å². The molecule has 0 spiro atoms. The lowest BCUT2D eigenvalue weighted by Crippen LogP contribution is -2.19. The molecule has 1 N–H and O–H groups in total. The maximum absolute atomic E-state index is 11.8. The van der Waals surface area contributed by atoms with E-state index < -0.39 is 0 Å². The monoisotopic (exact) mass is 312 g/mol. The Kier molecular flexibility index (Phi) is 6.17. The van der Waals surface area contributed by atoms with Gasteiger partial charge in [-0.05, 0) is 54.4 Å². The molecule has 0 saturated carbocycles. The standard InChI is InChI=1S/C18H20N2O3/c1-3-23-17-10-6-15(7-11-17)13-19-20-18(21)12-14-4-8-16(22-2)9-5-14/h4-11,13H,3,12H2,1-2H3,(H,20,21). The van der Waals surface area contributed by atoms with Crippen molar-refractivity contribution in [3.63, 3.8) is 0 Å². The Balaban J connectivity index is 1.82. The van der Waals surface area contributed by atoms with Crippen molar-refractivity contribution in [3.05, 3.63) is 59.7 Å². The van der Waals surface area contributed by atoms with Crippen molar-refractivity contribution in [2.75, 3.05) is 13.7 Å². The molecule has 0 atom stereocenters. The molecule has 0 aliphatic rings. The third-order valence-corrected chi connectivity index (χ3v) is 3.12. The van der Waals surface area contributed by atoms with Crippen LogP contribution < -0.4 is 14.9 Å². The van der Waals surface area contributed by atoms with E-state index in [-0.39, 0.29) is 12.3 Å². The number of benzene rings is 2. The van der Waals surface area contributed by atoms with Crippen molar-refractivity contribution in [2.45, 2.75) is 13.3 Å². The quantitative estimate of drug-likeness (QED) is 0.632. The van der Waals surface area contributed by atoms with Crippen LogP contribution in [0.5, 0.6) is 11.5 Å². The summed E-state index contributed by atoms with van der Waals surface area (Å²) in [5.41, 5.74) is 4.31. The first-order valence-electron chi connectivity index (χ1n) is 7.39. The van der Waals surface area contributed by atoms with Crippen LogP contribution in [-0.2, 0) is 11.2 Å². The van der Waals surface area contributed by atoms with Crippen molar-refractivity contribution in [3.8, 4) is 11.5 Å². The second-order valence-electron chi connectivity index (χ2n) is 4.82. The Hall–Kier alpha value is -2.82. The third kappa shape index (κ3) is 5.47. The predicted octanol–water partition coefficient (Wildman–Crippen LogP) is 2.79. The van der Waals surface area contributed by atoms with E-state index in [1.165, 1.54) is 0 Å². The van der Waals surface area contributed by atoms with Crippen LogP contribution in [-0.4, -0.2) is 25.8 Å². The summed E-state index contributed by atoms with van der Waals surface area (Å²) >= 11 is 0. The number of amides is 1. The number of nitrogens with one attached hydrogen (secondary N) is 1. The van der Waals surface area contributed by atoms with Crippen LogP contribution in [0, 0.1) is 0 Å². The largest absolute Gasteiger partial charge is 0.497 e. The topological polar surface area (TPSA) is 59.9 Å². The van der Waals surface area contributed by atoms with Gasteiger partial charge in [0.15, 0.2) is 0 Å². The number of methoxy groups -OCH3 is 1. The number of hydrazone groups is 1. The minimum atomic E-state index is -0.169. The van der Waals surface area contributed by atoms with Crippen LogP contribution in [0.1, 0.15) is 18.1 Å². The zero-order valence-corrected chi connectivity index (χ0v) is 13.3. The first kappa shape index (κ1) is 16.5. The van der Waals surface area contributed by atoms with Crippen molar-refractivity contribution >= 4 is 12.1 Å². The molecule has 2 aromatic carbocycles. The zero-order valence-electron chi connectivity index (χ0n) is 13.3. The molecule has 5 nitrogen and oxygen atoms in total. The molecule has 0 aliphatic heterocycles. The van der Waals surface area contributed by atoms with E-state index in [4.69, 9.17) is 9.47 Å². The maximum atomic E-state index is 11.8. The second-order valence-corrected chi connectivity index (χ2v) is 4.82. The molecule has 0 aliphatic carbocycles. The zero-order chi connectivity index (χ0) is 16.5. The predicted molar refractivity (Wildman–Crippen MR) is 90.0 cm³/mol. The SMILES string of the molecule is CCOc1ccc(C=NNC(=O)Cc2ccc(OC)cc2)cc1. The van der Waals surface area contributed by atoms with E-state index in [0.29, 0.717) is 6.61 Å². The summed E-state index contributed by atoms with van der Waals surface area (Å²) in [6.07, 6.45) is 1.87. The lowest BCUT2D eigenvalue weighted by atomic mass is 10.1. The molecule has 0 radical (unpaired) electrons. The Labute approximate surface area is 135 Å². The summed E-state index contributed by atoms with van der Waals surface area (Å²) < 4.78 is 10.4. The molecule has 0 aromatic heterocycles. The molecular weight excluding hydrogens is 292 g/mol. The molecule has 5 heteroatoms. The molecule has 0 heterocycles. The van der Waals surface area contributed by atoms with Gasteiger partial charge in [-0.15, -0.1) is 0 Å². The van der Waals surface area contributed by atoms with Gasteiger partial charge in [-0.3, -0.25) is 4.79 Å². The number of ether oxygens (including phenoxy) is 2. The summed E-state index contributed by atoms with van der Waals surface area (Å²) in [5, 5.41) is 3.96. The minimum absolute atomic E-state index is 0.169. The molecule has 0 bridgehead atoms. The maximum Gasteiger partial charge on any atom is 0.244 e. The van der Waals surface area contributed by atoms with E-state index in [1.54, 1.807) is 13.3 Å². The van der Waals surface area contributed by atoms with Gasteiger partial charge in [0.05, 0.1) is 26.4 Å². The normalized spacial score (nSPS) is 10.5. The highest BCUT2D eigenvalue weighted by atomic mass is 16.5. The van der Waals surface area contributed by atoms with Gasteiger partial charge >= 0.3 is 0 Å². The lowest BCUT2D eigenvalue weighted by Gasteiger charge is -2.03. The molecule has 0 saturated heterocycles. The van der Waals surface area contributed by atoms with E-state index in [9.17, 15) is 4.79 Å². The lowest BCUT2D eigenvalue weighted by molar-refractivity contribution is -0.120. The average Bonchev–Trinajstić information content (AvgIpc) is 2.57. The van der Waals surface area contributed by atoms with Gasteiger partial charge in [-0.1, -0.05) is 12.1 Å². The van der Waals surface area contributed by atoms with Crippen molar-refractivity contribution in [1.82, 2.24) is 5.43 Å². The molecule has 23 heavy (non-hydrogen) atoms. The molecular formula is C18H20N2O3. The Bertz CT molecular complexity index is 649. The van der Waals surface area contributed by atoms with E-state index >= 15 is 0 Å². The van der Waals surface area contributed by atoms with E-state index in [0.717, 1.165) is 22.6 Å². The van der Waals surface area contributed by atoms with Gasteiger partial charge in [0.25, 0.3) is 0 Å². The summed E-state index contributed by atoms with van der Waals surface area (Å²) in [4.78, 5) is 11.8. The summed E-state index contributed by atoms with van der Waals surface area (Å²) in [5.74, 6) is 1.41. The summed E-state index contributed by atoms with van der Waals surface area (Å²) in [6.45, 7) is 2.57. The van der Waals surface area contributed by atoms with Crippen LogP contribution >= 0.6 is 0 Å². The third-order valence-electron chi connectivity index (χ3n) is 3.12. The van der Waals surface area contributed by atoms with Crippen molar-refractivity contribution in [2.24, 2.45) is 5.10 Å². The van der Waals surface area contributed by atoms with Crippen LogP contribution in [0.15, 0.2) is 53.6 Å². The Morgan fingerprint density at radius 2 is 1.74 bits per heavy atom. The highest BCUT2D eigenvalue weighted by Gasteiger charge is 2.02. The van der Waals surface area contributed by atoms with Gasteiger partial charge in [0, 0.05) is 0 Å². The van der Waals surface area contributed by atoms with Crippen molar-refractivity contribution in [1.29, 1.82) is 0 Å². The minimum Gasteiger partial charge on any atom is -0.497 e.